The first-order valence-electron chi connectivity index (χ1n) is 6.42. The largest absolute Gasteiger partial charge is 0.327 e. The van der Waals surface area contributed by atoms with Gasteiger partial charge in [0, 0.05) is 24.0 Å². The first kappa shape index (κ1) is 12.4. The molecule has 0 saturated heterocycles. The molecule has 0 aliphatic heterocycles. The molecule has 0 unspecified atom stereocenters. The van der Waals surface area contributed by atoms with Gasteiger partial charge in [-0.2, -0.15) is 5.26 Å². The number of pyridine rings is 1. The number of rotatable bonds is 1. The molecule has 0 aliphatic carbocycles. The maximum atomic E-state index is 9.19. The Morgan fingerprint density at radius 1 is 1.10 bits per heavy atom. The first-order valence-corrected chi connectivity index (χ1v) is 6.42. The van der Waals surface area contributed by atoms with E-state index in [0.29, 0.717) is 5.56 Å². The molecular weight excluding hydrogens is 248 g/mol. The Labute approximate surface area is 117 Å². The number of hydrogen-bond donors (Lipinski definition) is 0. The number of para-hydroxylation sites is 1. The van der Waals surface area contributed by atoms with Crippen molar-refractivity contribution in [3.8, 4) is 17.5 Å². The van der Waals surface area contributed by atoms with Crippen molar-refractivity contribution in [3.63, 3.8) is 0 Å². The molecule has 0 radical (unpaired) electrons. The van der Waals surface area contributed by atoms with Crippen LogP contribution in [0, 0.1) is 25.2 Å². The highest BCUT2D eigenvalue weighted by Gasteiger charge is 2.14. The molecule has 0 bridgehead atoms. The van der Waals surface area contributed by atoms with Gasteiger partial charge in [0.15, 0.2) is 0 Å². The molecule has 0 saturated carbocycles. The maximum absolute atomic E-state index is 9.19. The lowest BCUT2D eigenvalue weighted by Crippen LogP contribution is -1.97. The third-order valence-electron chi connectivity index (χ3n) is 3.50. The fraction of sp³-hybridized carbons (Fsp3) is 0.188. The van der Waals surface area contributed by atoms with Crippen molar-refractivity contribution in [2.24, 2.45) is 7.05 Å². The van der Waals surface area contributed by atoms with Gasteiger partial charge in [0.05, 0.1) is 11.1 Å². The Morgan fingerprint density at radius 3 is 2.60 bits per heavy atom. The van der Waals surface area contributed by atoms with Gasteiger partial charge < -0.3 is 4.57 Å². The summed E-state index contributed by atoms with van der Waals surface area (Å²) in [6, 6.07) is 11.9. The second-order valence-corrected chi connectivity index (χ2v) is 4.87. The second-order valence-electron chi connectivity index (χ2n) is 4.87. The smallest absolute Gasteiger partial charge is 0.142 e. The van der Waals surface area contributed by atoms with Gasteiger partial charge in [-0.25, -0.2) is 4.98 Å². The van der Waals surface area contributed by atoms with E-state index < -0.39 is 0 Å². The molecule has 0 amide bonds. The van der Waals surface area contributed by atoms with E-state index in [1.54, 1.807) is 6.07 Å². The summed E-state index contributed by atoms with van der Waals surface area (Å²) in [6.07, 6.45) is 0. The number of nitriles is 1. The number of nitrogens with zero attached hydrogens (tertiary/aromatic N) is 4. The zero-order valence-corrected chi connectivity index (χ0v) is 11.7. The summed E-state index contributed by atoms with van der Waals surface area (Å²) in [6.45, 7) is 3.95. The standard InChI is InChI=1S/C16H14N4/c1-10-7-8-13(11(2)18-10)16-19-15-12(9-17)5-4-6-14(15)20(16)3/h4-8H,1-3H3. The van der Waals surface area contributed by atoms with E-state index in [1.807, 2.05) is 49.7 Å². The minimum absolute atomic E-state index is 0.599. The molecule has 4 heteroatoms. The molecule has 98 valence electrons. The highest BCUT2D eigenvalue weighted by Crippen LogP contribution is 2.27. The highest BCUT2D eigenvalue weighted by molar-refractivity contribution is 5.85. The Morgan fingerprint density at radius 2 is 1.90 bits per heavy atom. The predicted molar refractivity (Wildman–Crippen MR) is 78.1 cm³/mol. The maximum Gasteiger partial charge on any atom is 0.142 e. The third-order valence-corrected chi connectivity index (χ3v) is 3.50. The Hall–Kier alpha value is -2.67. The van der Waals surface area contributed by atoms with Gasteiger partial charge in [-0.05, 0) is 38.1 Å². The molecule has 1 aromatic carbocycles. The SMILES string of the molecule is Cc1ccc(-c2nc3c(C#N)cccc3n2C)c(C)n1. The molecule has 3 rings (SSSR count). The van der Waals surface area contributed by atoms with E-state index in [4.69, 9.17) is 0 Å². The predicted octanol–water partition coefficient (Wildman–Crippen LogP) is 3.12. The van der Waals surface area contributed by atoms with Crippen LogP contribution in [0.1, 0.15) is 17.0 Å². The molecular formula is C16H14N4. The lowest BCUT2D eigenvalue weighted by molar-refractivity contribution is 0.952. The number of benzene rings is 1. The number of hydrogen-bond acceptors (Lipinski definition) is 3. The number of fused-ring (bicyclic) bond motifs is 1. The van der Waals surface area contributed by atoms with Crippen LogP contribution in [0.5, 0.6) is 0 Å². The quantitative estimate of drug-likeness (QED) is 0.677. The zero-order chi connectivity index (χ0) is 14.3. The summed E-state index contributed by atoms with van der Waals surface area (Å²) in [5, 5.41) is 9.19. The van der Waals surface area contributed by atoms with Gasteiger partial charge in [-0.1, -0.05) is 6.07 Å². The van der Waals surface area contributed by atoms with Crippen LogP contribution in [0.2, 0.25) is 0 Å². The summed E-state index contributed by atoms with van der Waals surface area (Å²) in [4.78, 5) is 9.13. The minimum atomic E-state index is 0.599. The summed E-state index contributed by atoms with van der Waals surface area (Å²) in [7, 11) is 1.96. The van der Waals surface area contributed by atoms with E-state index >= 15 is 0 Å². The number of aryl methyl sites for hydroxylation is 3. The van der Waals surface area contributed by atoms with Crippen LogP contribution >= 0.6 is 0 Å². The summed E-state index contributed by atoms with van der Waals surface area (Å²) in [5.74, 6) is 0.840. The Kier molecular flexibility index (Phi) is 2.76. The average Bonchev–Trinajstić information content (AvgIpc) is 2.76. The second kappa shape index (κ2) is 4.46. The van der Waals surface area contributed by atoms with Crippen LogP contribution in [0.3, 0.4) is 0 Å². The monoisotopic (exact) mass is 262 g/mol. The average molecular weight is 262 g/mol. The molecule has 2 heterocycles. The van der Waals surface area contributed by atoms with E-state index in [9.17, 15) is 5.26 Å². The van der Waals surface area contributed by atoms with Crippen LogP contribution in [0.4, 0.5) is 0 Å². The van der Waals surface area contributed by atoms with Gasteiger partial charge in [-0.15, -0.1) is 0 Å². The van der Waals surface area contributed by atoms with Gasteiger partial charge in [0.1, 0.15) is 17.4 Å². The normalized spacial score (nSPS) is 10.7. The summed E-state index contributed by atoms with van der Waals surface area (Å²) >= 11 is 0. The first-order chi connectivity index (χ1) is 9.61. The number of aromatic nitrogens is 3. The van der Waals surface area contributed by atoms with Crippen LogP contribution in [0.25, 0.3) is 22.4 Å². The number of imidazole rings is 1. The lowest BCUT2D eigenvalue weighted by atomic mass is 10.2. The Balaban J connectivity index is 2.33. The van der Waals surface area contributed by atoms with E-state index in [1.165, 1.54) is 0 Å². The van der Waals surface area contributed by atoms with Crippen molar-refractivity contribution in [1.82, 2.24) is 14.5 Å². The van der Waals surface area contributed by atoms with E-state index in [0.717, 1.165) is 33.8 Å². The van der Waals surface area contributed by atoms with Crippen molar-refractivity contribution in [2.75, 3.05) is 0 Å². The topological polar surface area (TPSA) is 54.5 Å². The molecule has 0 atom stereocenters. The van der Waals surface area contributed by atoms with Crippen molar-refractivity contribution >= 4 is 11.0 Å². The van der Waals surface area contributed by atoms with Crippen molar-refractivity contribution < 1.29 is 0 Å². The van der Waals surface area contributed by atoms with Crippen LogP contribution in [0.15, 0.2) is 30.3 Å². The molecule has 4 nitrogen and oxygen atoms in total. The van der Waals surface area contributed by atoms with Crippen LogP contribution in [-0.4, -0.2) is 14.5 Å². The Bertz CT molecular complexity index is 853. The molecule has 2 aromatic heterocycles. The zero-order valence-electron chi connectivity index (χ0n) is 11.7. The fourth-order valence-electron chi connectivity index (χ4n) is 2.47. The van der Waals surface area contributed by atoms with Gasteiger partial charge in [-0.3, -0.25) is 4.98 Å². The molecule has 0 aliphatic rings. The minimum Gasteiger partial charge on any atom is -0.327 e. The third kappa shape index (κ3) is 1.76. The van der Waals surface area contributed by atoms with Crippen LogP contribution < -0.4 is 0 Å². The van der Waals surface area contributed by atoms with E-state index in [-0.39, 0.29) is 0 Å². The van der Waals surface area contributed by atoms with Gasteiger partial charge in [0.2, 0.25) is 0 Å². The lowest BCUT2D eigenvalue weighted by Gasteiger charge is -2.06. The molecule has 3 aromatic rings. The highest BCUT2D eigenvalue weighted by atomic mass is 15.1. The summed E-state index contributed by atoms with van der Waals surface area (Å²) < 4.78 is 2.01. The van der Waals surface area contributed by atoms with Crippen molar-refractivity contribution in [3.05, 3.63) is 47.3 Å². The summed E-state index contributed by atoms with van der Waals surface area (Å²) in [5.41, 5.74) is 5.23. The molecule has 0 spiro atoms. The van der Waals surface area contributed by atoms with Gasteiger partial charge >= 0.3 is 0 Å². The van der Waals surface area contributed by atoms with Crippen LogP contribution in [-0.2, 0) is 7.05 Å². The van der Waals surface area contributed by atoms with E-state index in [2.05, 4.69) is 16.0 Å². The fourth-order valence-corrected chi connectivity index (χ4v) is 2.47. The van der Waals surface area contributed by atoms with Crippen molar-refractivity contribution in [1.29, 1.82) is 5.26 Å². The van der Waals surface area contributed by atoms with Crippen molar-refractivity contribution in [2.45, 2.75) is 13.8 Å². The molecule has 0 fully saturated rings. The molecule has 20 heavy (non-hydrogen) atoms. The van der Waals surface area contributed by atoms with Gasteiger partial charge in [0.25, 0.3) is 0 Å². The molecule has 0 N–H and O–H groups in total.